The molecule has 0 atom stereocenters. The normalized spacial score (nSPS) is 11.2. The van der Waals surface area contributed by atoms with E-state index in [1.165, 1.54) is 6.92 Å². The van der Waals surface area contributed by atoms with Gasteiger partial charge >= 0.3 is 6.18 Å². The molecule has 1 aromatic rings. The van der Waals surface area contributed by atoms with Gasteiger partial charge in [-0.1, -0.05) is 0 Å². The number of hydrogen-bond donors (Lipinski definition) is 1. The lowest BCUT2D eigenvalue weighted by atomic mass is 10.1. The summed E-state index contributed by atoms with van der Waals surface area (Å²) < 4.78 is 43.0. The summed E-state index contributed by atoms with van der Waals surface area (Å²) in [7, 11) is 1.15. The van der Waals surface area contributed by atoms with Gasteiger partial charge < -0.3 is 10.1 Å². The van der Waals surface area contributed by atoms with Gasteiger partial charge in [0.15, 0.2) is 0 Å². The maximum Gasteiger partial charge on any atom is 0.420 e. The lowest BCUT2D eigenvalue weighted by Crippen LogP contribution is -2.11. The first kappa shape index (κ1) is 13.8. The van der Waals surface area contributed by atoms with Crippen molar-refractivity contribution in [2.75, 3.05) is 12.4 Å². The van der Waals surface area contributed by atoms with Crippen molar-refractivity contribution in [2.24, 2.45) is 0 Å². The molecule has 1 amide bonds. The molecule has 17 heavy (non-hydrogen) atoms. The zero-order chi connectivity index (χ0) is 13.2. The van der Waals surface area contributed by atoms with Crippen molar-refractivity contribution < 1.29 is 22.7 Å². The third-order valence-electron chi connectivity index (χ3n) is 1.91. The number of halogens is 4. The Hall–Kier alpha value is -1.24. The van der Waals surface area contributed by atoms with Crippen molar-refractivity contribution in [3.05, 3.63) is 22.2 Å². The van der Waals surface area contributed by atoms with Gasteiger partial charge in [0, 0.05) is 11.4 Å². The van der Waals surface area contributed by atoms with Crippen LogP contribution in [0.4, 0.5) is 18.9 Å². The topological polar surface area (TPSA) is 38.3 Å². The number of anilines is 1. The third-order valence-corrected chi connectivity index (χ3v) is 2.56. The lowest BCUT2D eigenvalue weighted by molar-refractivity contribution is -0.138. The number of carbonyl (C=O) groups excluding carboxylic acids is 1. The minimum atomic E-state index is -4.54. The molecule has 1 aromatic carbocycles. The van der Waals surface area contributed by atoms with Gasteiger partial charge in [-0.2, -0.15) is 13.2 Å². The molecule has 0 bridgehead atoms. The largest absolute Gasteiger partial charge is 0.496 e. The van der Waals surface area contributed by atoms with E-state index < -0.39 is 17.6 Å². The Morgan fingerprint density at radius 2 is 2.00 bits per heavy atom. The average Bonchev–Trinajstić information content (AvgIpc) is 2.18. The highest BCUT2D eigenvalue weighted by atomic mass is 79.9. The van der Waals surface area contributed by atoms with E-state index in [1.807, 2.05) is 0 Å². The molecular formula is C10H9BrF3NO2. The van der Waals surface area contributed by atoms with Gasteiger partial charge in [0.25, 0.3) is 0 Å². The Bertz CT molecular complexity index is 446. The number of hydrogen-bond acceptors (Lipinski definition) is 2. The Kier molecular flexibility index (Phi) is 4.03. The Labute approximate surface area is 104 Å². The van der Waals surface area contributed by atoms with Crippen molar-refractivity contribution >= 4 is 27.5 Å². The summed E-state index contributed by atoms with van der Waals surface area (Å²) in [5.41, 5.74) is -0.891. The van der Waals surface area contributed by atoms with Gasteiger partial charge in [-0.05, 0) is 28.1 Å². The van der Waals surface area contributed by atoms with E-state index in [2.05, 4.69) is 26.0 Å². The number of carbonyl (C=O) groups is 1. The van der Waals surface area contributed by atoms with Crippen molar-refractivity contribution in [2.45, 2.75) is 13.1 Å². The maximum atomic E-state index is 12.7. The molecule has 0 fully saturated rings. The van der Waals surface area contributed by atoms with Crippen molar-refractivity contribution in [1.82, 2.24) is 0 Å². The molecular weight excluding hydrogens is 303 g/mol. The van der Waals surface area contributed by atoms with Crippen LogP contribution in [0.5, 0.6) is 5.75 Å². The molecule has 0 aliphatic heterocycles. The van der Waals surface area contributed by atoms with E-state index >= 15 is 0 Å². The van der Waals surface area contributed by atoms with Crippen LogP contribution in [0, 0.1) is 0 Å². The Balaban J connectivity index is 3.32. The van der Waals surface area contributed by atoms with Crippen LogP contribution in [0.2, 0.25) is 0 Å². The first-order valence-electron chi connectivity index (χ1n) is 4.48. The van der Waals surface area contributed by atoms with Crippen molar-refractivity contribution in [1.29, 1.82) is 0 Å². The Morgan fingerprint density at radius 3 is 2.41 bits per heavy atom. The highest BCUT2D eigenvalue weighted by Crippen LogP contribution is 2.40. The highest BCUT2D eigenvalue weighted by Gasteiger charge is 2.35. The average molecular weight is 312 g/mol. The fourth-order valence-corrected chi connectivity index (χ4v) is 1.65. The maximum absolute atomic E-state index is 12.7. The van der Waals surface area contributed by atoms with Gasteiger partial charge in [-0.25, -0.2) is 0 Å². The molecule has 94 valence electrons. The van der Waals surface area contributed by atoms with Gasteiger partial charge in [0.2, 0.25) is 5.91 Å². The summed E-state index contributed by atoms with van der Waals surface area (Å²) >= 11 is 3.06. The van der Waals surface area contributed by atoms with Crippen LogP contribution in [0.1, 0.15) is 12.5 Å². The van der Waals surface area contributed by atoms with Gasteiger partial charge in [0.05, 0.1) is 18.4 Å². The first-order valence-corrected chi connectivity index (χ1v) is 5.27. The van der Waals surface area contributed by atoms with Crippen LogP contribution < -0.4 is 10.1 Å². The van der Waals surface area contributed by atoms with Crippen molar-refractivity contribution in [3.8, 4) is 5.75 Å². The molecule has 0 heterocycles. The summed E-state index contributed by atoms with van der Waals surface area (Å²) in [5.74, 6) is -0.762. The van der Waals surface area contributed by atoms with Crippen LogP contribution >= 0.6 is 15.9 Å². The fourth-order valence-electron chi connectivity index (χ4n) is 1.23. The molecule has 7 heteroatoms. The molecule has 0 unspecified atom stereocenters. The molecule has 3 nitrogen and oxygen atoms in total. The minimum Gasteiger partial charge on any atom is -0.496 e. The van der Waals surface area contributed by atoms with Crippen LogP contribution in [0.15, 0.2) is 16.6 Å². The quantitative estimate of drug-likeness (QED) is 0.908. The zero-order valence-corrected chi connectivity index (χ0v) is 10.6. The number of nitrogens with one attached hydrogen (secondary N) is 1. The minimum absolute atomic E-state index is 0.0469. The fraction of sp³-hybridized carbons (Fsp3) is 0.300. The van der Waals surface area contributed by atoms with Crippen LogP contribution in [0.3, 0.4) is 0 Å². The van der Waals surface area contributed by atoms with E-state index in [-0.39, 0.29) is 11.4 Å². The molecule has 0 radical (unpaired) electrons. The van der Waals surface area contributed by atoms with Crippen molar-refractivity contribution in [3.63, 3.8) is 0 Å². The summed E-state index contributed by atoms with van der Waals surface area (Å²) in [6.45, 7) is 1.21. The second-order valence-corrected chi connectivity index (χ2v) is 4.07. The molecule has 0 aromatic heterocycles. The number of benzene rings is 1. The smallest absolute Gasteiger partial charge is 0.420 e. The summed E-state index contributed by atoms with van der Waals surface area (Å²) in [4.78, 5) is 10.8. The van der Waals surface area contributed by atoms with E-state index in [1.54, 1.807) is 0 Å². The monoisotopic (exact) mass is 311 g/mol. The second kappa shape index (κ2) is 4.95. The molecule has 1 N–H and O–H groups in total. The predicted octanol–water partition coefficient (Wildman–Crippen LogP) is 3.43. The molecule has 0 spiro atoms. The van der Waals surface area contributed by atoms with E-state index in [9.17, 15) is 18.0 Å². The molecule has 0 saturated heterocycles. The summed E-state index contributed by atoms with van der Waals surface area (Å²) in [6.07, 6.45) is -4.54. The number of alkyl halides is 3. The van der Waals surface area contributed by atoms with Crippen LogP contribution in [0.25, 0.3) is 0 Å². The third kappa shape index (κ3) is 3.36. The SMILES string of the molecule is COc1cc(Br)c(NC(C)=O)cc1C(F)(F)F. The summed E-state index contributed by atoms with van der Waals surface area (Å²) in [6, 6.07) is 1.98. The Morgan fingerprint density at radius 1 is 1.41 bits per heavy atom. The van der Waals surface area contributed by atoms with Gasteiger partial charge in [0.1, 0.15) is 5.75 Å². The highest BCUT2D eigenvalue weighted by molar-refractivity contribution is 9.10. The predicted molar refractivity (Wildman–Crippen MR) is 60.0 cm³/mol. The lowest BCUT2D eigenvalue weighted by Gasteiger charge is -2.15. The second-order valence-electron chi connectivity index (χ2n) is 3.21. The summed E-state index contributed by atoms with van der Waals surface area (Å²) in [5, 5.41) is 2.30. The van der Waals surface area contributed by atoms with Gasteiger partial charge in [-0.3, -0.25) is 4.79 Å². The van der Waals surface area contributed by atoms with Gasteiger partial charge in [-0.15, -0.1) is 0 Å². The van der Waals surface area contributed by atoms with Crippen LogP contribution in [-0.2, 0) is 11.0 Å². The number of methoxy groups -OCH3 is 1. The molecule has 0 aliphatic rings. The first-order chi connectivity index (χ1) is 7.75. The van der Waals surface area contributed by atoms with E-state index in [0.717, 1.165) is 19.2 Å². The number of rotatable bonds is 2. The molecule has 0 aliphatic carbocycles. The molecule has 0 saturated carbocycles. The van der Waals surface area contributed by atoms with E-state index in [4.69, 9.17) is 0 Å². The van der Waals surface area contributed by atoms with E-state index in [0.29, 0.717) is 4.47 Å². The number of ether oxygens (including phenoxy) is 1. The standard InChI is InChI=1S/C10H9BrF3NO2/c1-5(16)15-8-3-6(10(12,13)14)9(17-2)4-7(8)11/h3-4H,1-2H3,(H,15,16). The zero-order valence-electron chi connectivity index (χ0n) is 8.98. The molecule has 1 rings (SSSR count). The van der Waals surface area contributed by atoms with Crippen LogP contribution in [-0.4, -0.2) is 13.0 Å². The number of amides is 1.